The Morgan fingerprint density at radius 3 is 2.44 bits per heavy atom. The number of nitrogens with one attached hydrogen (secondary N) is 2. The van der Waals surface area contributed by atoms with E-state index in [9.17, 15) is 48.3 Å². The van der Waals surface area contributed by atoms with Gasteiger partial charge in [0.05, 0.1) is 47.3 Å². The van der Waals surface area contributed by atoms with Crippen molar-refractivity contribution in [2.45, 2.75) is 186 Å². The van der Waals surface area contributed by atoms with E-state index in [1.54, 1.807) is 58.2 Å². The average Bonchev–Trinajstić information content (AvgIpc) is 1.69. The minimum absolute atomic E-state index is 0.00970. The Morgan fingerprint density at radius 2 is 1.77 bits per heavy atom. The summed E-state index contributed by atoms with van der Waals surface area (Å²) in [5, 5.41) is 18.5. The monoisotopic (exact) mass is 1330 g/mol. The molecule has 0 aliphatic carbocycles. The largest absolute Gasteiger partial charge is 0.462 e. The number of primary amides is 1. The molecule has 0 radical (unpaired) electrons. The molecular formula is C67H88BrClN6O15. The second kappa shape index (κ2) is 31.9. The highest BCUT2D eigenvalue weighted by molar-refractivity contribution is 9.09. The SMILES string of the molecule is C=C(CBr)C(=O)OC(C)CCCCC(=O)C[C@H](C(=O)N[C@@H](CCCNC(N)=O)C(=O)Cc1ccc(C(=O)N(C)[C@@H](C)C(=O)O[C@H]2CC(=O)N(C)c3cc(cc(C)c3Cl)C/C(C)=C/C=C/[C@@H](OC)[C@]3(O)CC(=O)O[C@@H](C3)[C@@H](C)[C@@H]3O[C@@]23C)c2cccnc12)C(C)C. The number of likely N-dealkylation sites (N-methyl/N-ethyl adjacent to an activating group) is 1. The van der Waals surface area contributed by atoms with E-state index < -0.39 is 113 Å². The van der Waals surface area contributed by atoms with E-state index in [0.29, 0.717) is 63.8 Å². The van der Waals surface area contributed by atoms with Gasteiger partial charge < -0.3 is 55.0 Å². The maximum Gasteiger partial charge on any atom is 0.334 e. The van der Waals surface area contributed by atoms with Crippen molar-refractivity contribution < 1.29 is 71.9 Å². The Balaban J connectivity index is 1.21. The number of hydrogen-bond donors (Lipinski definition) is 4. The van der Waals surface area contributed by atoms with Crippen molar-refractivity contribution in [1.29, 1.82) is 0 Å². The molecule has 4 heterocycles. The van der Waals surface area contributed by atoms with Gasteiger partial charge in [0, 0.05) is 93.3 Å². The molecule has 2 saturated heterocycles. The van der Waals surface area contributed by atoms with Crippen molar-refractivity contribution in [3.05, 3.63) is 106 Å². The first-order valence-corrected chi connectivity index (χ1v) is 32.1. The van der Waals surface area contributed by atoms with Gasteiger partial charge in [0.2, 0.25) is 11.8 Å². The summed E-state index contributed by atoms with van der Waals surface area (Å²) in [7, 11) is 4.47. The summed E-state index contributed by atoms with van der Waals surface area (Å²) in [5.41, 5.74) is 6.47. The van der Waals surface area contributed by atoms with Gasteiger partial charge in [-0.25, -0.2) is 14.4 Å². The summed E-state index contributed by atoms with van der Waals surface area (Å²) in [4.78, 5) is 130. The summed E-state index contributed by atoms with van der Waals surface area (Å²) in [5.74, 6) is -5.72. The molecule has 4 bridgehead atoms. The number of anilines is 1. The zero-order valence-corrected chi connectivity index (χ0v) is 55.8. The van der Waals surface area contributed by atoms with Gasteiger partial charge >= 0.3 is 23.9 Å². The third-order valence-electron chi connectivity index (χ3n) is 17.5. The van der Waals surface area contributed by atoms with Crippen LogP contribution in [0.3, 0.4) is 0 Å². The lowest BCUT2D eigenvalue weighted by molar-refractivity contribution is -0.187. The number of nitrogens with two attached hydrogens (primary N) is 1. The minimum atomic E-state index is -1.65. The highest BCUT2D eigenvalue weighted by Gasteiger charge is 2.64. The number of aromatic nitrogens is 1. The molecule has 23 heteroatoms. The third kappa shape index (κ3) is 18.4. The molecule has 21 nitrogen and oxygen atoms in total. The number of ether oxygens (including phenoxy) is 5. The molecule has 0 saturated carbocycles. The number of aliphatic hydroxyl groups is 1. The van der Waals surface area contributed by atoms with Crippen molar-refractivity contribution in [3.63, 3.8) is 0 Å². The number of allylic oxidation sites excluding steroid dienone is 3. The van der Waals surface area contributed by atoms with E-state index in [4.69, 9.17) is 41.0 Å². The Hall–Kier alpha value is -6.85. The number of alkyl halides is 1. The zero-order chi connectivity index (χ0) is 66.5. The lowest BCUT2D eigenvalue weighted by atomic mass is 9.78. The average molecular weight is 1330 g/mol. The highest BCUT2D eigenvalue weighted by atomic mass is 79.9. The number of aryl methyl sites for hydroxylation is 1. The fourth-order valence-corrected chi connectivity index (χ4v) is 12.2. The number of nitrogens with zero attached hydrogens (tertiary/aromatic N) is 3. The number of halogens is 2. The highest BCUT2D eigenvalue weighted by Crippen LogP contribution is 2.50. The molecule has 5 N–H and O–H groups in total. The van der Waals surface area contributed by atoms with Crippen LogP contribution < -0.4 is 21.3 Å². The number of carbonyl (C=O) groups excluding carboxylic acids is 9. The molecule has 6 rings (SSSR count). The van der Waals surface area contributed by atoms with Gasteiger partial charge in [-0.3, -0.25) is 33.8 Å². The molecular weight excluding hydrogens is 1240 g/mol. The molecule has 11 atom stereocenters. The first-order chi connectivity index (χ1) is 42.4. The molecule has 0 spiro atoms. The predicted molar refractivity (Wildman–Crippen MR) is 344 cm³/mol. The van der Waals surface area contributed by atoms with Crippen molar-refractivity contribution in [2.75, 3.05) is 38.0 Å². The minimum Gasteiger partial charge on any atom is -0.462 e. The van der Waals surface area contributed by atoms with E-state index in [1.165, 1.54) is 43.1 Å². The van der Waals surface area contributed by atoms with Gasteiger partial charge in [0.15, 0.2) is 5.78 Å². The van der Waals surface area contributed by atoms with E-state index in [0.717, 1.165) is 16.7 Å². The van der Waals surface area contributed by atoms with E-state index in [2.05, 4.69) is 38.1 Å². The van der Waals surface area contributed by atoms with Crippen molar-refractivity contribution >= 4 is 97.3 Å². The smallest absolute Gasteiger partial charge is 0.334 e. The number of amides is 5. The van der Waals surface area contributed by atoms with Crippen LogP contribution in [0.1, 0.15) is 140 Å². The van der Waals surface area contributed by atoms with Crippen molar-refractivity contribution in [1.82, 2.24) is 20.5 Å². The van der Waals surface area contributed by atoms with Crippen LogP contribution in [0, 0.1) is 24.7 Å². The maximum atomic E-state index is 14.7. The molecule has 1 unspecified atom stereocenters. The Labute approximate surface area is 540 Å². The van der Waals surface area contributed by atoms with E-state index in [1.807, 2.05) is 45.9 Å². The zero-order valence-electron chi connectivity index (χ0n) is 53.5. The number of methoxy groups -OCH3 is 1. The van der Waals surface area contributed by atoms with Gasteiger partial charge in [-0.05, 0) is 114 Å². The van der Waals surface area contributed by atoms with Crippen LogP contribution >= 0.6 is 27.5 Å². The summed E-state index contributed by atoms with van der Waals surface area (Å²) in [6.07, 6.45) is 4.42. The third-order valence-corrected chi connectivity index (χ3v) is 18.7. The molecule has 1 aromatic heterocycles. The predicted octanol–water partition coefficient (Wildman–Crippen LogP) is 8.65. The van der Waals surface area contributed by atoms with Gasteiger partial charge in [-0.1, -0.05) is 96.9 Å². The first-order valence-electron chi connectivity index (χ1n) is 30.6. The maximum absolute atomic E-state index is 14.7. The number of fused-ring (bicyclic) bond motifs is 6. The van der Waals surface area contributed by atoms with Crippen molar-refractivity contribution in [3.8, 4) is 0 Å². The molecule has 3 aliphatic heterocycles. The van der Waals surface area contributed by atoms with Crippen LogP contribution in [-0.4, -0.2) is 155 Å². The molecule has 3 aliphatic rings. The lowest BCUT2D eigenvalue weighted by Crippen LogP contribution is -2.53. The quantitative estimate of drug-likeness (QED) is 0.0154. The summed E-state index contributed by atoms with van der Waals surface area (Å²) in [6, 6.07) is 7.08. The number of hydrogen-bond acceptors (Lipinski definition) is 16. The number of unbranched alkanes of at least 4 members (excludes halogenated alkanes) is 1. The Bertz CT molecular complexity index is 3260. The van der Waals surface area contributed by atoms with Crippen LogP contribution in [-0.2, 0) is 70.1 Å². The van der Waals surface area contributed by atoms with Crippen LogP contribution in [0.2, 0.25) is 5.02 Å². The second-order valence-electron chi connectivity index (χ2n) is 24.8. The number of carbonyl (C=O) groups is 9. The number of rotatable bonds is 25. The number of Topliss-reactive ketones (excluding diaryl/α,β-unsaturated/α-hetero) is 2. The van der Waals surface area contributed by atoms with Crippen LogP contribution in [0.5, 0.6) is 0 Å². The van der Waals surface area contributed by atoms with E-state index in [-0.39, 0.29) is 74.9 Å². The molecule has 3 aromatic rings. The topological polar surface area (TPSA) is 293 Å². The molecule has 90 heavy (non-hydrogen) atoms. The number of esters is 3. The summed E-state index contributed by atoms with van der Waals surface area (Å²) >= 11 is 10.1. The van der Waals surface area contributed by atoms with Crippen LogP contribution in [0.4, 0.5) is 10.5 Å². The normalized spacial score (nSPS) is 24.2. The number of benzene rings is 2. The number of pyridine rings is 1. The van der Waals surface area contributed by atoms with Gasteiger partial charge in [0.1, 0.15) is 41.3 Å². The van der Waals surface area contributed by atoms with Crippen LogP contribution in [0.25, 0.3) is 10.9 Å². The number of epoxide rings is 1. The Morgan fingerprint density at radius 1 is 1.04 bits per heavy atom. The molecule has 2 aromatic carbocycles. The Kier molecular flexibility index (Phi) is 25.6. The molecule has 5 amide bonds. The lowest BCUT2D eigenvalue weighted by Gasteiger charge is -2.41. The fourth-order valence-electron chi connectivity index (χ4n) is 11.8. The fraction of sp³-hybridized carbons (Fsp3) is 0.552. The van der Waals surface area contributed by atoms with Crippen LogP contribution in [0.15, 0.2) is 78.5 Å². The first kappa shape index (κ1) is 72.2. The standard InChI is InChI=1S/C67H88BrClN6O15/c1-37(2)49(32-46(76)20-14-13-19-41(6)87-63(82)40(5)36-68)61(80)73-50(22-17-27-72-65(70)84)52(77)31-45-24-25-48(47-21-16-26-71-59(45)47)62(81)74(10)43(8)64(83)89-55-33-56(78)75(11)51-30-44(29-39(4)58(51)69)28-38(3)18-15-23-54(86-12)67(85)34-53(88-57(79)35-67)42(7)60-66(55,9)90-60/h15-16,18,21,23-26,29-30,37,41-43,49-50,53-55,60,85H,5,13-14,17,19-20,22,27-28,31-36H2,1-4,6-12H3,(H,73,80)(H3,70,72,84)/b23-15+,38-18+/t41?,42-,43+,49+,50+,53+,54-,55+,60+,66+,67-/m1/s1. The number of urea groups is 1. The molecule has 2 fully saturated rings. The van der Waals surface area contributed by atoms with Gasteiger partial charge in [-0.15, -0.1) is 0 Å². The van der Waals surface area contributed by atoms with Gasteiger partial charge in [0.25, 0.3) is 5.91 Å². The van der Waals surface area contributed by atoms with Crippen molar-refractivity contribution in [2.24, 2.45) is 23.5 Å². The summed E-state index contributed by atoms with van der Waals surface area (Å²) in [6.45, 7) is 18.0. The van der Waals surface area contributed by atoms with Gasteiger partial charge in [-0.2, -0.15) is 0 Å². The second-order valence-corrected chi connectivity index (χ2v) is 25.8. The summed E-state index contributed by atoms with van der Waals surface area (Å²) < 4.78 is 29.7. The number of ketones is 2. The molecule has 490 valence electrons. The van der Waals surface area contributed by atoms with E-state index >= 15 is 0 Å².